The number of hydrogen-bond acceptors (Lipinski definition) is 2. The minimum Gasteiger partial charge on any atom is -0.456 e. The summed E-state index contributed by atoms with van der Waals surface area (Å²) in [5.74, 6) is 0. The quantitative estimate of drug-likeness (QED) is 0.145. The number of hydrogen-bond donors (Lipinski definition) is 0. The van der Waals surface area contributed by atoms with Crippen LogP contribution in [0.15, 0.2) is 253 Å². The van der Waals surface area contributed by atoms with Crippen LogP contribution in [0, 0.1) is 0 Å². The highest BCUT2D eigenvalue weighted by Crippen LogP contribution is 2.47. The predicted octanol–water partition coefficient (Wildman–Crippen LogP) is 17.1. The molecule has 10 aromatic carbocycles. The second-order valence-electron chi connectivity index (χ2n) is 15.7. The van der Waals surface area contributed by atoms with Crippen molar-refractivity contribution in [1.29, 1.82) is 0 Å². The molecule has 292 valence electrons. The first-order valence-electron chi connectivity index (χ1n) is 21.2. The second kappa shape index (κ2) is 16.1. The topological polar surface area (TPSA) is 16.4 Å². The van der Waals surface area contributed by atoms with Crippen molar-refractivity contribution in [2.75, 3.05) is 4.90 Å². The fraction of sp³-hybridized carbons (Fsp3) is 0. The molecule has 1 heterocycles. The average molecular weight is 792 g/mol. The van der Waals surface area contributed by atoms with E-state index in [1.807, 2.05) is 12.1 Å². The van der Waals surface area contributed by atoms with Crippen molar-refractivity contribution < 1.29 is 4.42 Å². The molecule has 62 heavy (non-hydrogen) atoms. The van der Waals surface area contributed by atoms with Crippen molar-refractivity contribution in [3.8, 4) is 66.8 Å². The fourth-order valence-electron chi connectivity index (χ4n) is 8.81. The molecule has 0 bridgehead atoms. The van der Waals surface area contributed by atoms with E-state index in [-0.39, 0.29) is 0 Å². The zero-order valence-corrected chi connectivity index (χ0v) is 34.0. The van der Waals surface area contributed by atoms with Gasteiger partial charge in [0.05, 0.1) is 0 Å². The third kappa shape index (κ3) is 7.04. The molecule has 0 radical (unpaired) electrons. The van der Waals surface area contributed by atoms with Gasteiger partial charge in [-0.05, 0) is 121 Å². The molecule has 0 spiro atoms. The first-order chi connectivity index (χ1) is 30.7. The molecule has 0 aliphatic rings. The molecule has 0 amide bonds. The Kier molecular flexibility index (Phi) is 9.57. The van der Waals surface area contributed by atoms with Crippen LogP contribution in [-0.4, -0.2) is 0 Å². The maximum absolute atomic E-state index is 6.28. The average Bonchev–Trinajstić information content (AvgIpc) is 3.73. The Morgan fingerprint density at radius 2 is 0.613 bits per heavy atom. The normalized spacial score (nSPS) is 11.2. The van der Waals surface area contributed by atoms with Gasteiger partial charge in [0.25, 0.3) is 0 Å². The van der Waals surface area contributed by atoms with Gasteiger partial charge >= 0.3 is 0 Å². The smallest absolute Gasteiger partial charge is 0.136 e. The van der Waals surface area contributed by atoms with E-state index >= 15 is 0 Å². The SMILES string of the molecule is c1ccc(-c2ccc(N(c3ccc(-c4ccccc4)cc3)c3cc(-c4ccccc4)c(-c4ccc(-c5ccc6c(c5)oc5ccccc56)cc4)c(-c4ccccc4)c3)cc2)cc1. The van der Waals surface area contributed by atoms with Crippen LogP contribution in [0.4, 0.5) is 17.1 Å². The predicted molar refractivity (Wildman–Crippen MR) is 261 cm³/mol. The van der Waals surface area contributed by atoms with Crippen molar-refractivity contribution in [3.63, 3.8) is 0 Å². The minimum atomic E-state index is 0.898. The standard InChI is InChI=1S/C60H41NO/c1-5-15-42(16-6-1)44-29-34-51(35-30-44)61(52-36-31-45(32-37-52)43-17-7-2-8-18-43)53-40-56(47-19-9-3-10-20-47)60(57(41-53)48-21-11-4-12-22-48)49-27-25-46(26-28-49)50-33-38-55-54-23-13-14-24-58(54)62-59(55)39-50/h1-41H. The lowest BCUT2D eigenvalue weighted by Gasteiger charge is -2.29. The van der Waals surface area contributed by atoms with E-state index in [1.54, 1.807) is 0 Å². The van der Waals surface area contributed by atoms with E-state index in [0.717, 1.165) is 77.9 Å². The molecule has 0 saturated carbocycles. The molecule has 11 rings (SSSR count). The largest absolute Gasteiger partial charge is 0.456 e. The van der Waals surface area contributed by atoms with Crippen LogP contribution in [-0.2, 0) is 0 Å². The Morgan fingerprint density at radius 1 is 0.242 bits per heavy atom. The maximum atomic E-state index is 6.28. The van der Waals surface area contributed by atoms with E-state index in [2.05, 4.69) is 241 Å². The van der Waals surface area contributed by atoms with Crippen LogP contribution in [0.25, 0.3) is 88.7 Å². The summed E-state index contributed by atoms with van der Waals surface area (Å²) in [6.07, 6.45) is 0. The Bertz CT molecular complexity index is 3140. The third-order valence-electron chi connectivity index (χ3n) is 11.9. The van der Waals surface area contributed by atoms with E-state index < -0.39 is 0 Å². The monoisotopic (exact) mass is 791 g/mol. The minimum absolute atomic E-state index is 0.898. The van der Waals surface area contributed by atoms with Crippen LogP contribution < -0.4 is 4.90 Å². The molecule has 11 aromatic rings. The van der Waals surface area contributed by atoms with Gasteiger partial charge in [0.15, 0.2) is 0 Å². The van der Waals surface area contributed by atoms with Crippen LogP contribution in [0.5, 0.6) is 0 Å². The number of nitrogens with zero attached hydrogens (tertiary/aromatic N) is 1. The van der Waals surface area contributed by atoms with Crippen LogP contribution in [0.3, 0.4) is 0 Å². The molecule has 0 saturated heterocycles. The van der Waals surface area contributed by atoms with Crippen molar-refractivity contribution in [3.05, 3.63) is 249 Å². The number of fused-ring (bicyclic) bond motifs is 3. The van der Waals surface area contributed by atoms with Gasteiger partial charge in [0, 0.05) is 27.8 Å². The van der Waals surface area contributed by atoms with Gasteiger partial charge in [-0.15, -0.1) is 0 Å². The van der Waals surface area contributed by atoms with Crippen LogP contribution >= 0.6 is 0 Å². The molecular formula is C60H41NO. The summed E-state index contributed by atoms with van der Waals surface area (Å²) in [6, 6.07) is 89.2. The van der Waals surface area contributed by atoms with Gasteiger partial charge in [0.2, 0.25) is 0 Å². The first kappa shape index (κ1) is 36.8. The lowest BCUT2D eigenvalue weighted by Crippen LogP contribution is -2.11. The van der Waals surface area contributed by atoms with Gasteiger partial charge < -0.3 is 9.32 Å². The summed E-state index contributed by atoms with van der Waals surface area (Å²) in [5, 5.41) is 2.27. The van der Waals surface area contributed by atoms with E-state index in [0.29, 0.717) is 0 Å². The van der Waals surface area contributed by atoms with Gasteiger partial charge in [-0.25, -0.2) is 0 Å². The zero-order chi connectivity index (χ0) is 41.2. The number of rotatable bonds is 9. The number of anilines is 3. The Balaban J connectivity index is 1.08. The molecule has 0 unspecified atom stereocenters. The maximum Gasteiger partial charge on any atom is 0.136 e. The number of furan rings is 1. The molecule has 0 aliphatic heterocycles. The molecular weight excluding hydrogens is 751 g/mol. The van der Waals surface area contributed by atoms with E-state index in [1.165, 1.54) is 27.8 Å². The Hall–Kier alpha value is -8.20. The summed E-state index contributed by atoms with van der Waals surface area (Å²) in [6.45, 7) is 0. The molecule has 0 fully saturated rings. The zero-order valence-electron chi connectivity index (χ0n) is 34.0. The molecule has 0 N–H and O–H groups in total. The van der Waals surface area contributed by atoms with Crippen molar-refractivity contribution >= 4 is 39.0 Å². The van der Waals surface area contributed by atoms with Crippen LogP contribution in [0.1, 0.15) is 0 Å². The summed E-state index contributed by atoms with van der Waals surface area (Å²) >= 11 is 0. The van der Waals surface area contributed by atoms with Gasteiger partial charge in [-0.1, -0.05) is 194 Å². The summed E-state index contributed by atoms with van der Waals surface area (Å²) in [5.41, 5.74) is 19.0. The molecule has 2 heteroatoms. The lowest BCUT2D eigenvalue weighted by molar-refractivity contribution is 0.669. The van der Waals surface area contributed by atoms with Gasteiger partial charge in [-0.2, -0.15) is 0 Å². The summed E-state index contributed by atoms with van der Waals surface area (Å²) in [7, 11) is 0. The number of benzene rings is 10. The van der Waals surface area contributed by atoms with Crippen molar-refractivity contribution in [1.82, 2.24) is 0 Å². The lowest BCUT2D eigenvalue weighted by atomic mass is 9.86. The van der Waals surface area contributed by atoms with E-state index in [9.17, 15) is 0 Å². The molecule has 0 aliphatic carbocycles. The highest BCUT2D eigenvalue weighted by Gasteiger charge is 2.21. The first-order valence-corrected chi connectivity index (χ1v) is 21.2. The van der Waals surface area contributed by atoms with Gasteiger partial charge in [-0.3, -0.25) is 0 Å². The molecule has 2 nitrogen and oxygen atoms in total. The Labute approximate surface area is 362 Å². The van der Waals surface area contributed by atoms with Crippen LogP contribution in [0.2, 0.25) is 0 Å². The third-order valence-corrected chi connectivity index (χ3v) is 11.9. The van der Waals surface area contributed by atoms with E-state index in [4.69, 9.17) is 4.42 Å². The Morgan fingerprint density at radius 3 is 1.13 bits per heavy atom. The highest BCUT2D eigenvalue weighted by molar-refractivity contribution is 6.06. The number of para-hydroxylation sites is 1. The molecule has 0 atom stereocenters. The summed E-state index contributed by atoms with van der Waals surface area (Å²) < 4.78 is 6.28. The van der Waals surface area contributed by atoms with Gasteiger partial charge in [0.1, 0.15) is 11.2 Å². The summed E-state index contributed by atoms with van der Waals surface area (Å²) in [4.78, 5) is 2.39. The second-order valence-corrected chi connectivity index (χ2v) is 15.7. The fourth-order valence-corrected chi connectivity index (χ4v) is 8.81. The molecule has 1 aromatic heterocycles. The highest BCUT2D eigenvalue weighted by atomic mass is 16.3. The van der Waals surface area contributed by atoms with Crippen molar-refractivity contribution in [2.24, 2.45) is 0 Å². The van der Waals surface area contributed by atoms with Crippen molar-refractivity contribution in [2.45, 2.75) is 0 Å².